The fourth-order valence-corrected chi connectivity index (χ4v) is 4.95. The highest BCUT2D eigenvalue weighted by Crippen LogP contribution is 2.39. The minimum absolute atomic E-state index is 0.0377. The van der Waals surface area contributed by atoms with Crippen LogP contribution in [0.15, 0.2) is 24.3 Å². The summed E-state index contributed by atoms with van der Waals surface area (Å²) in [6.07, 6.45) is 8.71. The molecule has 2 nitrogen and oxygen atoms in total. The van der Waals surface area contributed by atoms with Crippen molar-refractivity contribution in [2.24, 2.45) is 5.92 Å². The maximum absolute atomic E-state index is 10.3. The number of aliphatic hydroxyl groups is 1. The van der Waals surface area contributed by atoms with Crippen molar-refractivity contribution in [1.82, 2.24) is 4.90 Å². The van der Waals surface area contributed by atoms with Gasteiger partial charge >= 0.3 is 0 Å². The minimum atomic E-state index is -0.0377. The van der Waals surface area contributed by atoms with Crippen LogP contribution < -0.4 is 0 Å². The molecule has 1 aromatic carbocycles. The molecule has 1 N–H and O–H groups in total. The molecule has 2 fully saturated rings. The molecule has 1 heterocycles. The van der Waals surface area contributed by atoms with Gasteiger partial charge in [-0.1, -0.05) is 37.1 Å². The molecule has 114 valence electrons. The number of fused-ring (bicyclic) bond motifs is 1. The first-order valence-electron chi connectivity index (χ1n) is 8.83. The largest absolute Gasteiger partial charge is 0.393 e. The van der Waals surface area contributed by atoms with Crippen LogP contribution in [0, 0.1) is 5.92 Å². The van der Waals surface area contributed by atoms with Gasteiger partial charge in [-0.25, -0.2) is 0 Å². The molecule has 0 aromatic heterocycles. The number of hydrogen-bond acceptors (Lipinski definition) is 2. The normalized spacial score (nSPS) is 36.2. The third-order valence-corrected chi connectivity index (χ3v) is 6.11. The van der Waals surface area contributed by atoms with E-state index in [1.807, 2.05) is 0 Å². The van der Waals surface area contributed by atoms with Crippen LogP contribution in [0.5, 0.6) is 0 Å². The summed E-state index contributed by atoms with van der Waals surface area (Å²) in [5.74, 6) is 1.28. The van der Waals surface area contributed by atoms with Crippen molar-refractivity contribution in [2.45, 2.75) is 63.0 Å². The van der Waals surface area contributed by atoms with E-state index in [-0.39, 0.29) is 6.10 Å². The van der Waals surface area contributed by atoms with Crippen LogP contribution in [0.25, 0.3) is 0 Å². The highest BCUT2D eigenvalue weighted by atomic mass is 16.3. The molecule has 1 aliphatic heterocycles. The van der Waals surface area contributed by atoms with Crippen LogP contribution in [0.1, 0.15) is 55.6 Å². The Hall–Kier alpha value is -0.860. The topological polar surface area (TPSA) is 23.5 Å². The zero-order chi connectivity index (χ0) is 14.2. The molecule has 0 spiro atoms. The van der Waals surface area contributed by atoms with Crippen LogP contribution in [0.3, 0.4) is 0 Å². The van der Waals surface area contributed by atoms with Gasteiger partial charge in [-0.2, -0.15) is 0 Å². The molecule has 4 rings (SSSR count). The molecule has 1 aromatic rings. The average Bonchev–Trinajstić information content (AvgIpc) is 2.91. The lowest BCUT2D eigenvalue weighted by atomic mass is 9.76. The fourth-order valence-electron chi connectivity index (χ4n) is 4.95. The zero-order valence-corrected chi connectivity index (χ0v) is 12.9. The lowest BCUT2D eigenvalue weighted by molar-refractivity contribution is 0.0311. The molecule has 4 atom stereocenters. The Kier molecular flexibility index (Phi) is 3.76. The van der Waals surface area contributed by atoms with Crippen LogP contribution in [-0.4, -0.2) is 35.2 Å². The Morgan fingerprint density at radius 2 is 1.95 bits per heavy atom. The number of rotatable bonds is 3. The predicted molar refractivity (Wildman–Crippen MR) is 85.4 cm³/mol. The van der Waals surface area contributed by atoms with Crippen molar-refractivity contribution in [1.29, 1.82) is 0 Å². The summed E-state index contributed by atoms with van der Waals surface area (Å²) in [6, 6.07) is 9.57. The third-order valence-electron chi connectivity index (χ3n) is 6.11. The minimum Gasteiger partial charge on any atom is -0.393 e. The van der Waals surface area contributed by atoms with Crippen LogP contribution in [0.4, 0.5) is 0 Å². The van der Waals surface area contributed by atoms with Crippen LogP contribution >= 0.6 is 0 Å². The van der Waals surface area contributed by atoms with Gasteiger partial charge in [0.2, 0.25) is 0 Å². The Bertz CT molecular complexity index is 500. The van der Waals surface area contributed by atoms with Crippen molar-refractivity contribution in [3.8, 4) is 0 Å². The van der Waals surface area contributed by atoms with Crippen molar-refractivity contribution in [2.75, 3.05) is 13.1 Å². The summed E-state index contributed by atoms with van der Waals surface area (Å²) in [6.45, 7) is 2.46. The van der Waals surface area contributed by atoms with E-state index < -0.39 is 0 Å². The monoisotopic (exact) mass is 285 g/mol. The average molecular weight is 285 g/mol. The molecule has 2 aliphatic carbocycles. The summed E-state index contributed by atoms with van der Waals surface area (Å²) in [5, 5.41) is 10.3. The molecular formula is C19H27NO. The fraction of sp³-hybridized carbons (Fsp3) is 0.684. The molecule has 21 heavy (non-hydrogen) atoms. The lowest BCUT2D eigenvalue weighted by Gasteiger charge is -2.44. The van der Waals surface area contributed by atoms with Crippen molar-refractivity contribution in [3.63, 3.8) is 0 Å². The van der Waals surface area contributed by atoms with E-state index in [2.05, 4.69) is 29.2 Å². The highest BCUT2D eigenvalue weighted by Gasteiger charge is 2.38. The summed E-state index contributed by atoms with van der Waals surface area (Å²) >= 11 is 0. The number of aliphatic hydroxyl groups excluding tert-OH is 1. The molecule has 0 radical (unpaired) electrons. The lowest BCUT2D eigenvalue weighted by Crippen LogP contribution is -2.48. The van der Waals surface area contributed by atoms with Gasteiger partial charge in [0.1, 0.15) is 0 Å². The number of hydrogen-bond donors (Lipinski definition) is 1. The molecule has 0 amide bonds. The summed E-state index contributed by atoms with van der Waals surface area (Å²) in [7, 11) is 0. The number of benzene rings is 1. The Morgan fingerprint density at radius 3 is 2.76 bits per heavy atom. The SMILES string of the molecule is OC1CCCC1C1CCCCN1CC1Cc2ccccc21. The van der Waals surface area contributed by atoms with Gasteiger partial charge in [-0.3, -0.25) is 4.90 Å². The van der Waals surface area contributed by atoms with Gasteiger partial charge in [0.05, 0.1) is 6.10 Å². The van der Waals surface area contributed by atoms with E-state index in [9.17, 15) is 5.11 Å². The van der Waals surface area contributed by atoms with E-state index in [0.717, 1.165) is 12.3 Å². The first-order chi connectivity index (χ1) is 10.3. The number of likely N-dealkylation sites (tertiary alicyclic amines) is 1. The standard InChI is InChI=1S/C19H27NO/c21-19-10-5-8-17(19)18-9-3-4-11-20(18)13-15-12-14-6-1-2-7-16(14)15/h1-2,6-7,15,17-19,21H,3-5,8-13H2. The van der Waals surface area contributed by atoms with E-state index in [1.165, 1.54) is 51.6 Å². The smallest absolute Gasteiger partial charge is 0.0583 e. The molecule has 3 aliphatic rings. The van der Waals surface area contributed by atoms with Crippen molar-refractivity contribution < 1.29 is 5.11 Å². The van der Waals surface area contributed by atoms with Gasteiger partial charge in [0.25, 0.3) is 0 Å². The van der Waals surface area contributed by atoms with Gasteiger partial charge in [-0.05, 0) is 49.8 Å². The second-order valence-corrected chi connectivity index (χ2v) is 7.32. The van der Waals surface area contributed by atoms with E-state index in [0.29, 0.717) is 12.0 Å². The Balaban J connectivity index is 1.46. The zero-order valence-electron chi connectivity index (χ0n) is 12.9. The first kappa shape index (κ1) is 13.8. The van der Waals surface area contributed by atoms with Gasteiger partial charge in [0.15, 0.2) is 0 Å². The first-order valence-corrected chi connectivity index (χ1v) is 8.83. The third kappa shape index (κ3) is 2.53. The van der Waals surface area contributed by atoms with Crippen molar-refractivity contribution >= 4 is 0 Å². The molecule has 0 bridgehead atoms. The Labute approximate surface area is 128 Å². The maximum atomic E-state index is 10.3. The maximum Gasteiger partial charge on any atom is 0.0583 e. The molecular weight excluding hydrogens is 258 g/mol. The molecule has 1 saturated carbocycles. The second kappa shape index (κ2) is 5.73. The predicted octanol–water partition coefficient (Wildman–Crippen LogP) is 3.34. The summed E-state index contributed by atoms with van der Waals surface area (Å²) in [5.41, 5.74) is 3.13. The summed E-state index contributed by atoms with van der Waals surface area (Å²) in [4.78, 5) is 2.73. The number of nitrogens with zero attached hydrogens (tertiary/aromatic N) is 1. The molecule has 2 heteroatoms. The Morgan fingerprint density at radius 1 is 1.05 bits per heavy atom. The van der Waals surface area contributed by atoms with Gasteiger partial charge < -0.3 is 5.11 Å². The van der Waals surface area contributed by atoms with E-state index >= 15 is 0 Å². The summed E-state index contributed by atoms with van der Waals surface area (Å²) < 4.78 is 0. The second-order valence-electron chi connectivity index (χ2n) is 7.32. The van der Waals surface area contributed by atoms with E-state index in [4.69, 9.17) is 0 Å². The van der Waals surface area contributed by atoms with Crippen LogP contribution in [-0.2, 0) is 6.42 Å². The highest BCUT2D eigenvalue weighted by molar-refractivity contribution is 5.40. The van der Waals surface area contributed by atoms with Crippen molar-refractivity contribution in [3.05, 3.63) is 35.4 Å². The van der Waals surface area contributed by atoms with Gasteiger partial charge in [0, 0.05) is 24.4 Å². The molecule has 1 saturated heterocycles. The van der Waals surface area contributed by atoms with Gasteiger partial charge in [-0.15, -0.1) is 0 Å². The number of piperidine rings is 1. The molecule has 4 unspecified atom stereocenters. The quantitative estimate of drug-likeness (QED) is 0.920. The van der Waals surface area contributed by atoms with Crippen LogP contribution in [0.2, 0.25) is 0 Å². The van der Waals surface area contributed by atoms with E-state index in [1.54, 1.807) is 11.1 Å².